The van der Waals surface area contributed by atoms with Crippen molar-refractivity contribution in [2.45, 2.75) is 18.3 Å². The maximum atomic E-state index is 11.8. The van der Waals surface area contributed by atoms with Crippen molar-refractivity contribution in [3.05, 3.63) is 34.9 Å². The molecule has 0 saturated carbocycles. The number of hydrogen-bond acceptors (Lipinski definition) is 3. The predicted octanol–water partition coefficient (Wildman–Crippen LogP) is 2.17. The predicted molar refractivity (Wildman–Crippen MR) is 74.8 cm³/mol. The number of aliphatic hydroxyl groups is 1. The Balaban J connectivity index is 1.73. The summed E-state index contributed by atoms with van der Waals surface area (Å²) in [6, 6.07) is 7.67. The maximum absolute atomic E-state index is 11.8. The third-order valence-electron chi connectivity index (χ3n) is 2.90. The van der Waals surface area contributed by atoms with E-state index in [0.29, 0.717) is 25.3 Å². The van der Waals surface area contributed by atoms with Gasteiger partial charge in [0, 0.05) is 23.9 Å². The van der Waals surface area contributed by atoms with Gasteiger partial charge in [0.25, 0.3) is 0 Å². The summed E-state index contributed by atoms with van der Waals surface area (Å²) in [5, 5.41) is 10.1. The zero-order valence-electron chi connectivity index (χ0n) is 10.0. The number of aliphatic hydroxyl groups excluding tert-OH is 1. The summed E-state index contributed by atoms with van der Waals surface area (Å²) < 4.78 is 0. The Hall–Kier alpha value is -0.710. The Morgan fingerprint density at radius 1 is 1.56 bits per heavy atom. The van der Waals surface area contributed by atoms with E-state index in [1.807, 2.05) is 24.3 Å². The monoisotopic (exact) mass is 285 g/mol. The van der Waals surface area contributed by atoms with Crippen molar-refractivity contribution in [3.8, 4) is 0 Å². The fraction of sp³-hybridized carbons (Fsp3) is 0.462. The van der Waals surface area contributed by atoms with Gasteiger partial charge >= 0.3 is 0 Å². The van der Waals surface area contributed by atoms with Crippen LogP contribution >= 0.6 is 23.4 Å². The van der Waals surface area contributed by atoms with Crippen LogP contribution in [0.2, 0.25) is 5.02 Å². The maximum Gasteiger partial charge on any atom is 0.232 e. The molecule has 1 aliphatic rings. The fourth-order valence-corrected chi connectivity index (χ4v) is 3.03. The quantitative estimate of drug-likeness (QED) is 0.922. The molecule has 0 bridgehead atoms. The van der Waals surface area contributed by atoms with Gasteiger partial charge in [0.05, 0.1) is 11.9 Å². The largest absolute Gasteiger partial charge is 0.391 e. The van der Waals surface area contributed by atoms with Gasteiger partial charge in [-0.1, -0.05) is 23.7 Å². The van der Waals surface area contributed by atoms with E-state index in [4.69, 9.17) is 11.6 Å². The summed E-state index contributed by atoms with van der Waals surface area (Å²) in [6.07, 6.45) is 0.358. The molecule has 1 N–H and O–H groups in total. The van der Waals surface area contributed by atoms with E-state index in [-0.39, 0.29) is 12.0 Å². The zero-order valence-corrected chi connectivity index (χ0v) is 11.6. The van der Waals surface area contributed by atoms with Crippen LogP contribution in [0.3, 0.4) is 0 Å². The highest BCUT2D eigenvalue weighted by atomic mass is 35.5. The summed E-state index contributed by atoms with van der Waals surface area (Å²) in [7, 11) is 0. The highest BCUT2D eigenvalue weighted by Gasteiger charge is 2.23. The number of halogens is 1. The summed E-state index contributed by atoms with van der Waals surface area (Å²) in [6.45, 7) is 1.16. The minimum absolute atomic E-state index is 0.110. The highest BCUT2D eigenvalue weighted by Crippen LogP contribution is 2.18. The number of hydrogen-bond donors (Lipinski definition) is 1. The van der Waals surface area contributed by atoms with Crippen molar-refractivity contribution in [3.63, 3.8) is 0 Å². The molecule has 0 unspecified atom stereocenters. The third kappa shape index (κ3) is 3.90. The molecule has 1 aliphatic heterocycles. The van der Waals surface area contributed by atoms with Gasteiger partial charge in [0.2, 0.25) is 5.91 Å². The molecule has 1 fully saturated rings. The summed E-state index contributed by atoms with van der Waals surface area (Å²) >= 11 is 7.47. The summed E-state index contributed by atoms with van der Waals surface area (Å²) in [5.41, 5.74) is 1.13. The van der Waals surface area contributed by atoms with E-state index in [1.165, 1.54) is 0 Å². The normalized spacial score (nSPS) is 19.2. The number of β-amino-alcohol motifs (C(OH)–C–C–N with tert-alkyl or cyclic N) is 1. The number of likely N-dealkylation sites (tertiary alicyclic amines) is 1. The van der Waals surface area contributed by atoms with Crippen LogP contribution in [-0.2, 0) is 10.5 Å². The number of amides is 1. The van der Waals surface area contributed by atoms with E-state index in [9.17, 15) is 9.90 Å². The lowest BCUT2D eigenvalue weighted by Crippen LogP contribution is -2.30. The van der Waals surface area contributed by atoms with Gasteiger partial charge in [-0.2, -0.15) is 0 Å². The second-order valence-corrected chi connectivity index (χ2v) is 5.83. The van der Waals surface area contributed by atoms with Gasteiger partial charge in [0.1, 0.15) is 0 Å². The van der Waals surface area contributed by atoms with E-state index in [0.717, 1.165) is 16.3 Å². The van der Waals surface area contributed by atoms with E-state index in [1.54, 1.807) is 16.7 Å². The standard InChI is InChI=1S/C13H16ClNO2S/c14-11-3-1-2-10(6-11)8-18-9-13(17)15-5-4-12(16)7-15/h1-3,6,12,16H,4-5,7-9H2/t12-/m1/s1. The van der Waals surface area contributed by atoms with Crippen molar-refractivity contribution in [1.29, 1.82) is 0 Å². The molecular weight excluding hydrogens is 270 g/mol. The lowest BCUT2D eigenvalue weighted by Gasteiger charge is -2.15. The molecule has 5 heteroatoms. The molecule has 0 radical (unpaired) electrons. The molecule has 3 nitrogen and oxygen atoms in total. The molecule has 18 heavy (non-hydrogen) atoms. The smallest absolute Gasteiger partial charge is 0.232 e. The SMILES string of the molecule is O=C(CSCc1cccc(Cl)c1)N1CC[C@@H](O)C1. The second-order valence-electron chi connectivity index (χ2n) is 4.40. The molecule has 98 valence electrons. The van der Waals surface area contributed by atoms with Gasteiger partial charge in [-0.05, 0) is 24.1 Å². The van der Waals surface area contributed by atoms with Gasteiger partial charge in [-0.15, -0.1) is 11.8 Å². The molecule has 1 heterocycles. The summed E-state index contributed by atoms with van der Waals surface area (Å²) in [5.74, 6) is 1.35. The Bertz CT molecular complexity index is 427. The van der Waals surface area contributed by atoms with Crippen molar-refractivity contribution < 1.29 is 9.90 Å². The van der Waals surface area contributed by atoms with Gasteiger partial charge in [-0.3, -0.25) is 4.79 Å². The van der Waals surface area contributed by atoms with Gasteiger partial charge in [-0.25, -0.2) is 0 Å². The molecule has 0 spiro atoms. The molecule has 1 aromatic carbocycles. The van der Waals surface area contributed by atoms with E-state index >= 15 is 0 Å². The molecule has 0 aromatic heterocycles. The molecule has 1 atom stereocenters. The zero-order chi connectivity index (χ0) is 13.0. The van der Waals surface area contributed by atoms with Gasteiger partial charge < -0.3 is 10.0 Å². The van der Waals surface area contributed by atoms with Crippen LogP contribution in [0.1, 0.15) is 12.0 Å². The minimum Gasteiger partial charge on any atom is -0.391 e. The van der Waals surface area contributed by atoms with E-state index < -0.39 is 0 Å². The summed E-state index contributed by atoms with van der Waals surface area (Å²) in [4.78, 5) is 13.5. The number of carbonyl (C=O) groups excluding carboxylic acids is 1. The number of rotatable bonds is 4. The molecular formula is C13H16ClNO2S. The van der Waals surface area contributed by atoms with Crippen LogP contribution in [-0.4, -0.2) is 40.9 Å². The van der Waals surface area contributed by atoms with Crippen LogP contribution in [0, 0.1) is 0 Å². The first-order valence-electron chi connectivity index (χ1n) is 5.93. The van der Waals surface area contributed by atoms with Crippen molar-refractivity contribution in [1.82, 2.24) is 4.90 Å². The van der Waals surface area contributed by atoms with Crippen LogP contribution in [0.15, 0.2) is 24.3 Å². The fourth-order valence-electron chi connectivity index (χ4n) is 1.94. The number of thioether (sulfide) groups is 1. The average Bonchev–Trinajstić information content (AvgIpc) is 2.76. The Morgan fingerprint density at radius 3 is 3.06 bits per heavy atom. The van der Waals surface area contributed by atoms with Crippen molar-refractivity contribution >= 4 is 29.3 Å². The Kier molecular flexibility index (Phi) is 4.92. The van der Waals surface area contributed by atoms with Crippen LogP contribution < -0.4 is 0 Å². The average molecular weight is 286 g/mol. The molecule has 0 aliphatic carbocycles. The molecule has 1 aromatic rings. The number of carbonyl (C=O) groups is 1. The number of benzene rings is 1. The van der Waals surface area contributed by atoms with E-state index in [2.05, 4.69) is 0 Å². The number of nitrogens with zero attached hydrogens (tertiary/aromatic N) is 1. The van der Waals surface area contributed by atoms with Crippen LogP contribution in [0.25, 0.3) is 0 Å². The first-order valence-corrected chi connectivity index (χ1v) is 7.46. The first-order chi connectivity index (χ1) is 8.65. The van der Waals surface area contributed by atoms with Crippen LogP contribution in [0.5, 0.6) is 0 Å². The molecule has 2 rings (SSSR count). The Morgan fingerprint density at radius 2 is 2.39 bits per heavy atom. The third-order valence-corrected chi connectivity index (χ3v) is 4.12. The van der Waals surface area contributed by atoms with Crippen LogP contribution in [0.4, 0.5) is 0 Å². The highest BCUT2D eigenvalue weighted by molar-refractivity contribution is 7.99. The lowest BCUT2D eigenvalue weighted by molar-refractivity contribution is -0.127. The Labute approximate surface area is 116 Å². The van der Waals surface area contributed by atoms with Crippen molar-refractivity contribution in [2.75, 3.05) is 18.8 Å². The van der Waals surface area contributed by atoms with Crippen molar-refractivity contribution in [2.24, 2.45) is 0 Å². The molecule has 1 amide bonds. The first kappa shape index (κ1) is 13.7. The topological polar surface area (TPSA) is 40.5 Å². The minimum atomic E-state index is -0.341. The lowest BCUT2D eigenvalue weighted by atomic mass is 10.2. The second kappa shape index (κ2) is 6.45. The molecule has 1 saturated heterocycles. The van der Waals surface area contributed by atoms with Gasteiger partial charge in [0.15, 0.2) is 0 Å².